The lowest BCUT2D eigenvalue weighted by molar-refractivity contribution is -0.916. The fourth-order valence-corrected chi connectivity index (χ4v) is 3.37. The normalized spacial score (nSPS) is 13.2. The second kappa shape index (κ2) is 7.22. The summed E-state index contributed by atoms with van der Waals surface area (Å²) >= 11 is 0. The van der Waals surface area contributed by atoms with Gasteiger partial charge in [-0.05, 0) is 12.8 Å². The Balaban J connectivity index is 5.16. The third-order valence-electron chi connectivity index (χ3n) is 4.14. The van der Waals surface area contributed by atoms with Crippen molar-refractivity contribution in [2.24, 2.45) is 5.41 Å². The summed E-state index contributed by atoms with van der Waals surface area (Å²) < 4.78 is 0.657. The number of carboxylic acids is 2. The third kappa shape index (κ3) is 7.43. The predicted octanol–water partition coefficient (Wildman–Crippen LogP) is -1.55. The zero-order chi connectivity index (χ0) is 16.9. The van der Waals surface area contributed by atoms with E-state index in [4.69, 9.17) is 0 Å². The molecule has 0 aliphatic heterocycles. The average Bonchev–Trinajstić information content (AvgIpc) is 2.23. The SMILES string of the molecule is CCC(CC)(C[N+](C)(C)CC(=O)[O-])C[N+](C)(C)CC(=O)[O-]. The van der Waals surface area contributed by atoms with Crippen molar-refractivity contribution in [1.29, 1.82) is 0 Å². The lowest BCUT2D eigenvalue weighted by atomic mass is 9.80. The molecule has 0 spiro atoms. The minimum absolute atomic E-state index is 0.0460. The second-order valence-corrected chi connectivity index (χ2v) is 7.46. The first-order valence-corrected chi connectivity index (χ1v) is 7.41. The first-order valence-electron chi connectivity index (χ1n) is 7.41. The van der Waals surface area contributed by atoms with Gasteiger partial charge >= 0.3 is 0 Å². The Morgan fingerprint density at radius 2 is 1.10 bits per heavy atom. The van der Waals surface area contributed by atoms with Gasteiger partial charge in [0.1, 0.15) is 13.1 Å². The van der Waals surface area contributed by atoms with Crippen molar-refractivity contribution in [2.75, 3.05) is 54.4 Å². The number of likely N-dealkylation sites (N-methyl/N-ethyl adjacent to an activating group) is 2. The standard InChI is InChI=1S/C15H30N2O4/c1-7-15(8-2,11-16(3,4)9-13(18)19)12-17(5,6)10-14(20)21/h7-12H2,1-6H3. The number of quaternary nitrogens is 2. The Kier molecular flexibility index (Phi) is 6.83. The van der Waals surface area contributed by atoms with Crippen molar-refractivity contribution in [1.82, 2.24) is 0 Å². The smallest absolute Gasteiger partial charge is 0.119 e. The molecule has 0 saturated carbocycles. The molecule has 6 heteroatoms. The van der Waals surface area contributed by atoms with Crippen LogP contribution in [0, 0.1) is 5.41 Å². The molecule has 0 aromatic heterocycles. The van der Waals surface area contributed by atoms with Crippen molar-refractivity contribution in [3.63, 3.8) is 0 Å². The zero-order valence-corrected chi connectivity index (χ0v) is 14.3. The van der Waals surface area contributed by atoms with Gasteiger partial charge in [0.25, 0.3) is 0 Å². The number of hydrogen-bond acceptors (Lipinski definition) is 4. The Labute approximate surface area is 128 Å². The van der Waals surface area contributed by atoms with Crippen LogP contribution >= 0.6 is 0 Å². The van der Waals surface area contributed by atoms with Crippen molar-refractivity contribution in [2.45, 2.75) is 26.7 Å². The number of nitrogens with zero attached hydrogens (tertiary/aromatic N) is 2. The largest absolute Gasteiger partial charge is 0.544 e. The highest BCUT2D eigenvalue weighted by atomic mass is 16.4. The molecule has 0 unspecified atom stereocenters. The van der Waals surface area contributed by atoms with E-state index in [0.29, 0.717) is 22.1 Å². The topological polar surface area (TPSA) is 80.3 Å². The van der Waals surface area contributed by atoms with Crippen molar-refractivity contribution in [3.8, 4) is 0 Å². The lowest BCUT2D eigenvalue weighted by Gasteiger charge is -2.44. The second-order valence-electron chi connectivity index (χ2n) is 7.46. The summed E-state index contributed by atoms with van der Waals surface area (Å²) in [5.41, 5.74) is -0.113. The average molecular weight is 302 g/mol. The van der Waals surface area contributed by atoms with Crippen molar-refractivity contribution >= 4 is 11.9 Å². The molecule has 0 bridgehead atoms. The molecule has 124 valence electrons. The summed E-state index contributed by atoms with van der Waals surface area (Å²) in [7, 11) is 7.48. The molecule has 21 heavy (non-hydrogen) atoms. The van der Waals surface area contributed by atoms with Crippen LogP contribution in [-0.4, -0.2) is 75.3 Å². The Bertz CT molecular complexity index is 342. The number of carboxylic acid groups (broad SMARTS) is 2. The van der Waals surface area contributed by atoms with Gasteiger partial charge in [0, 0.05) is 0 Å². The van der Waals surface area contributed by atoms with Crippen LogP contribution < -0.4 is 10.2 Å². The number of carbonyl (C=O) groups excluding carboxylic acids is 2. The van der Waals surface area contributed by atoms with Crippen LogP contribution in [0.3, 0.4) is 0 Å². The number of aliphatic carboxylic acids is 2. The van der Waals surface area contributed by atoms with Crippen LogP contribution in [0.1, 0.15) is 26.7 Å². The molecule has 0 aromatic carbocycles. The van der Waals surface area contributed by atoms with Crippen LogP contribution in [0.2, 0.25) is 0 Å². The third-order valence-corrected chi connectivity index (χ3v) is 4.14. The van der Waals surface area contributed by atoms with Crippen LogP contribution in [0.15, 0.2) is 0 Å². The van der Waals surface area contributed by atoms with Crippen molar-refractivity contribution < 1.29 is 28.8 Å². The van der Waals surface area contributed by atoms with E-state index >= 15 is 0 Å². The minimum Gasteiger partial charge on any atom is -0.544 e. The van der Waals surface area contributed by atoms with Crippen LogP contribution in [0.25, 0.3) is 0 Å². The van der Waals surface area contributed by atoms with Gasteiger partial charge in [-0.3, -0.25) is 0 Å². The molecule has 0 saturated heterocycles. The summed E-state index contributed by atoms with van der Waals surface area (Å²) in [6.07, 6.45) is 1.74. The van der Waals surface area contributed by atoms with Crippen LogP contribution in [0.5, 0.6) is 0 Å². The molecule has 0 amide bonds. The molecule has 0 rings (SSSR count). The maximum atomic E-state index is 10.9. The molecular weight excluding hydrogens is 272 g/mol. The molecular formula is C15H30N2O4. The highest BCUT2D eigenvalue weighted by Gasteiger charge is 2.40. The van der Waals surface area contributed by atoms with E-state index in [-0.39, 0.29) is 18.5 Å². The molecule has 0 aliphatic carbocycles. The molecule has 0 aliphatic rings. The van der Waals surface area contributed by atoms with Gasteiger partial charge in [0.05, 0.1) is 58.6 Å². The monoisotopic (exact) mass is 302 g/mol. The van der Waals surface area contributed by atoms with Gasteiger partial charge in [-0.15, -0.1) is 0 Å². The summed E-state index contributed by atoms with van der Waals surface area (Å²) in [5.74, 6) is -2.13. The molecule has 0 atom stereocenters. The summed E-state index contributed by atoms with van der Waals surface area (Å²) in [5, 5.41) is 21.8. The van der Waals surface area contributed by atoms with E-state index in [9.17, 15) is 19.8 Å². The summed E-state index contributed by atoms with van der Waals surface area (Å²) in [6.45, 7) is 5.39. The number of rotatable bonds is 10. The maximum Gasteiger partial charge on any atom is 0.119 e. The van der Waals surface area contributed by atoms with Gasteiger partial charge in [0.15, 0.2) is 0 Å². The quantitative estimate of drug-likeness (QED) is 0.457. The molecule has 6 nitrogen and oxygen atoms in total. The minimum atomic E-state index is -1.07. The molecule has 0 fully saturated rings. The van der Waals surface area contributed by atoms with Crippen molar-refractivity contribution in [3.05, 3.63) is 0 Å². The maximum absolute atomic E-state index is 10.9. The van der Waals surface area contributed by atoms with E-state index in [1.807, 2.05) is 28.2 Å². The number of carbonyl (C=O) groups is 2. The van der Waals surface area contributed by atoms with E-state index in [1.165, 1.54) is 0 Å². The van der Waals surface area contributed by atoms with Gasteiger partial charge in [-0.2, -0.15) is 0 Å². The van der Waals surface area contributed by atoms with Gasteiger partial charge < -0.3 is 28.8 Å². The van der Waals surface area contributed by atoms with E-state index in [1.54, 1.807) is 0 Å². The first-order chi connectivity index (χ1) is 9.37. The van der Waals surface area contributed by atoms with E-state index in [2.05, 4.69) is 13.8 Å². The Hall–Kier alpha value is -1.14. The molecule has 0 aromatic rings. The predicted molar refractivity (Wildman–Crippen MR) is 76.7 cm³/mol. The fraction of sp³-hybridized carbons (Fsp3) is 0.867. The van der Waals surface area contributed by atoms with E-state index in [0.717, 1.165) is 12.8 Å². The van der Waals surface area contributed by atoms with Gasteiger partial charge in [0.2, 0.25) is 0 Å². The Morgan fingerprint density at radius 1 is 0.810 bits per heavy atom. The van der Waals surface area contributed by atoms with Crippen LogP contribution in [0.4, 0.5) is 0 Å². The van der Waals surface area contributed by atoms with Gasteiger partial charge in [-0.25, -0.2) is 0 Å². The summed E-state index contributed by atoms with van der Waals surface area (Å²) in [6, 6.07) is 0. The fourth-order valence-electron chi connectivity index (χ4n) is 3.37. The zero-order valence-electron chi connectivity index (χ0n) is 14.3. The Morgan fingerprint density at radius 3 is 1.29 bits per heavy atom. The molecule has 0 radical (unpaired) electrons. The molecule has 0 heterocycles. The van der Waals surface area contributed by atoms with E-state index < -0.39 is 11.9 Å². The molecule has 0 N–H and O–H groups in total. The first kappa shape index (κ1) is 19.9. The van der Waals surface area contributed by atoms with Gasteiger partial charge in [-0.1, -0.05) is 13.8 Å². The number of hydrogen-bond donors (Lipinski definition) is 0. The highest BCUT2D eigenvalue weighted by Crippen LogP contribution is 2.31. The highest BCUT2D eigenvalue weighted by molar-refractivity contribution is 5.65. The lowest BCUT2D eigenvalue weighted by Crippen LogP contribution is -2.59. The van der Waals surface area contributed by atoms with Crippen LogP contribution in [-0.2, 0) is 9.59 Å². The summed E-state index contributed by atoms with van der Waals surface area (Å²) in [4.78, 5) is 21.8.